The van der Waals surface area contributed by atoms with Crippen LogP contribution in [0.4, 0.5) is 0 Å². The molecule has 102 valence electrons. The van der Waals surface area contributed by atoms with Gasteiger partial charge in [-0.15, -0.1) is 11.6 Å². The lowest BCUT2D eigenvalue weighted by Gasteiger charge is -2.13. The summed E-state index contributed by atoms with van der Waals surface area (Å²) in [5, 5.41) is 0.497. The van der Waals surface area contributed by atoms with Crippen LogP contribution < -0.4 is 0 Å². The number of hydrogen-bond acceptors (Lipinski definition) is 1. The number of imidazole rings is 1. The zero-order valence-electron chi connectivity index (χ0n) is 11.3. The molecule has 4 heteroatoms. The Morgan fingerprint density at radius 3 is 2.65 bits per heavy atom. The van der Waals surface area contributed by atoms with Crippen molar-refractivity contribution >= 4 is 34.2 Å². The molecule has 1 heterocycles. The van der Waals surface area contributed by atoms with Gasteiger partial charge in [-0.2, -0.15) is 0 Å². The van der Waals surface area contributed by atoms with Gasteiger partial charge in [0, 0.05) is 0 Å². The lowest BCUT2D eigenvalue weighted by atomic mass is 10.2. The largest absolute Gasteiger partial charge is 0.294 e. The number of benzene rings is 2. The molecule has 0 N–H and O–H groups in total. The number of aromatic nitrogens is 2. The lowest BCUT2D eigenvalue weighted by molar-refractivity contribution is 0.882. The first-order chi connectivity index (χ1) is 9.58. The van der Waals surface area contributed by atoms with E-state index >= 15 is 0 Å². The van der Waals surface area contributed by atoms with Gasteiger partial charge >= 0.3 is 0 Å². The fourth-order valence-corrected chi connectivity index (χ4v) is 2.71. The van der Waals surface area contributed by atoms with E-state index in [1.54, 1.807) is 0 Å². The molecule has 0 bridgehead atoms. The molecule has 0 aliphatic rings. The minimum absolute atomic E-state index is 0.195. The number of para-hydroxylation sites is 2. The first-order valence-electron chi connectivity index (χ1n) is 6.46. The highest BCUT2D eigenvalue weighted by Crippen LogP contribution is 2.31. The molecule has 0 aliphatic heterocycles. The topological polar surface area (TPSA) is 17.8 Å². The summed E-state index contributed by atoms with van der Waals surface area (Å²) in [5.41, 5.74) is 4.01. The summed E-state index contributed by atoms with van der Waals surface area (Å²) in [6.45, 7) is 3.96. The predicted molar refractivity (Wildman–Crippen MR) is 85.1 cm³/mol. The minimum atomic E-state index is -0.195. The first kappa shape index (κ1) is 13.5. The number of nitrogens with zero attached hydrogens (tertiary/aromatic N) is 2. The van der Waals surface area contributed by atoms with Crippen LogP contribution >= 0.6 is 23.2 Å². The molecule has 0 radical (unpaired) electrons. The van der Waals surface area contributed by atoms with E-state index in [0.29, 0.717) is 5.02 Å². The predicted octanol–water partition coefficient (Wildman–Crippen LogP) is 5.29. The second-order valence-corrected chi connectivity index (χ2v) is 5.93. The van der Waals surface area contributed by atoms with Crippen molar-refractivity contribution < 1.29 is 0 Å². The molecule has 2 aromatic carbocycles. The van der Waals surface area contributed by atoms with Crippen LogP contribution in [-0.2, 0) is 0 Å². The molecule has 3 aromatic rings. The van der Waals surface area contributed by atoms with Gasteiger partial charge in [0.1, 0.15) is 5.82 Å². The molecular weight excluding hydrogens is 291 g/mol. The molecule has 1 atom stereocenters. The van der Waals surface area contributed by atoms with E-state index < -0.39 is 0 Å². The van der Waals surface area contributed by atoms with E-state index in [0.717, 1.165) is 28.1 Å². The van der Waals surface area contributed by atoms with Gasteiger partial charge in [0.05, 0.1) is 27.1 Å². The Hall–Kier alpha value is -1.51. The zero-order valence-corrected chi connectivity index (χ0v) is 12.8. The van der Waals surface area contributed by atoms with Crippen molar-refractivity contribution in [2.75, 3.05) is 0 Å². The fourth-order valence-electron chi connectivity index (χ4n) is 2.36. The van der Waals surface area contributed by atoms with Crippen molar-refractivity contribution in [3.63, 3.8) is 0 Å². The molecule has 0 amide bonds. The molecule has 20 heavy (non-hydrogen) atoms. The van der Waals surface area contributed by atoms with Gasteiger partial charge in [-0.05, 0) is 43.7 Å². The summed E-state index contributed by atoms with van der Waals surface area (Å²) >= 11 is 12.7. The highest BCUT2D eigenvalue weighted by Gasteiger charge is 2.17. The van der Waals surface area contributed by atoms with Gasteiger partial charge in [0.2, 0.25) is 0 Å². The average Bonchev–Trinajstić information content (AvgIpc) is 2.81. The van der Waals surface area contributed by atoms with Gasteiger partial charge in [0.25, 0.3) is 0 Å². The number of rotatable bonds is 2. The van der Waals surface area contributed by atoms with Crippen LogP contribution in [0.25, 0.3) is 16.7 Å². The third kappa shape index (κ3) is 2.19. The van der Waals surface area contributed by atoms with Crippen LogP contribution in [-0.4, -0.2) is 9.55 Å². The fraction of sp³-hybridized carbons (Fsp3) is 0.188. The Kier molecular flexibility index (Phi) is 3.45. The maximum Gasteiger partial charge on any atom is 0.132 e. The SMILES string of the molecule is Cc1ccc(Cl)c(-n2c(C(C)Cl)nc3ccccc32)c1. The van der Waals surface area contributed by atoms with Crippen LogP contribution in [0.15, 0.2) is 42.5 Å². The van der Waals surface area contributed by atoms with Crippen LogP contribution in [0.1, 0.15) is 23.7 Å². The van der Waals surface area contributed by atoms with E-state index in [-0.39, 0.29) is 5.38 Å². The molecule has 2 nitrogen and oxygen atoms in total. The van der Waals surface area contributed by atoms with Gasteiger partial charge in [-0.1, -0.05) is 29.8 Å². The van der Waals surface area contributed by atoms with Crippen molar-refractivity contribution in [1.29, 1.82) is 0 Å². The first-order valence-corrected chi connectivity index (χ1v) is 7.27. The van der Waals surface area contributed by atoms with Crippen molar-refractivity contribution in [2.24, 2.45) is 0 Å². The molecule has 0 fully saturated rings. The molecule has 1 aromatic heterocycles. The third-order valence-electron chi connectivity index (χ3n) is 3.29. The highest BCUT2D eigenvalue weighted by atomic mass is 35.5. The monoisotopic (exact) mass is 304 g/mol. The molecular formula is C16H14Cl2N2. The van der Waals surface area contributed by atoms with Gasteiger partial charge in [-0.3, -0.25) is 4.57 Å². The molecule has 1 unspecified atom stereocenters. The Morgan fingerprint density at radius 1 is 1.15 bits per heavy atom. The van der Waals surface area contributed by atoms with Crippen molar-refractivity contribution in [1.82, 2.24) is 9.55 Å². The third-order valence-corrected chi connectivity index (χ3v) is 3.80. The summed E-state index contributed by atoms with van der Waals surface area (Å²) in [6.07, 6.45) is 0. The van der Waals surface area contributed by atoms with E-state index in [1.165, 1.54) is 0 Å². The minimum Gasteiger partial charge on any atom is -0.294 e. The number of halogens is 2. The Bertz CT molecular complexity index is 775. The molecule has 0 aliphatic carbocycles. The standard InChI is InChI=1S/C16H14Cl2N2/c1-10-7-8-12(18)15(9-10)20-14-6-4-3-5-13(14)19-16(20)11(2)17/h3-9,11H,1-2H3. The van der Waals surface area contributed by atoms with Gasteiger partial charge in [-0.25, -0.2) is 4.98 Å². The smallest absolute Gasteiger partial charge is 0.132 e. The van der Waals surface area contributed by atoms with E-state index in [2.05, 4.69) is 11.1 Å². The quantitative estimate of drug-likeness (QED) is 0.588. The lowest BCUT2D eigenvalue weighted by Crippen LogP contribution is -2.03. The van der Waals surface area contributed by atoms with E-state index in [9.17, 15) is 0 Å². The summed E-state index contributed by atoms with van der Waals surface area (Å²) in [6, 6.07) is 13.9. The Morgan fingerprint density at radius 2 is 1.90 bits per heavy atom. The van der Waals surface area contributed by atoms with Gasteiger partial charge < -0.3 is 0 Å². The zero-order chi connectivity index (χ0) is 14.3. The average molecular weight is 305 g/mol. The van der Waals surface area contributed by atoms with E-state index in [1.807, 2.05) is 54.8 Å². The highest BCUT2D eigenvalue weighted by molar-refractivity contribution is 6.32. The summed E-state index contributed by atoms with van der Waals surface area (Å²) in [4.78, 5) is 4.63. The van der Waals surface area contributed by atoms with Gasteiger partial charge in [0.15, 0.2) is 0 Å². The number of alkyl halides is 1. The Balaban J connectivity index is 2.39. The molecule has 3 rings (SSSR count). The van der Waals surface area contributed by atoms with Crippen molar-refractivity contribution in [2.45, 2.75) is 19.2 Å². The van der Waals surface area contributed by atoms with Crippen molar-refractivity contribution in [3.8, 4) is 5.69 Å². The number of fused-ring (bicyclic) bond motifs is 1. The van der Waals surface area contributed by atoms with Crippen molar-refractivity contribution in [3.05, 3.63) is 58.9 Å². The van der Waals surface area contributed by atoms with Crippen LogP contribution in [0.5, 0.6) is 0 Å². The number of aryl methyl sites for hydroxylation is 1. The number of hydrogen-bond donors (Lipinski definition) is 0. The van der Waals surface area contributed by atoms with Crippen LogP contribution in [0, 0.1) is 6.92 Å². The molecule has 0 saturated carbocycles. The summed E-state index contributed by atoms with van der Waals surface area (Å²) in [7, 11) is 0. The molecule has 0 saturated heterocycles. The second-order valence-electron chi connectivity index (χ2n) is 4.86. The Labute approximate surface area is 128 Å². The normalized spacial score (nSPS) is 12.8. The maximum atomic E-state index is 6.37. The second kappa shape index (κ2) is 5.12. The summed E-state index contributed by atoms with van der Waals surface area (Å²) < 4.78 is 2.04. The van der Waals surface area contributed by atoms with Crippen LogP contribution in [0.2, 0.25) is 5.02 Å². The molecule has 0 spiro atoms. The van der Waals surface area contributed by atoms with Crippen LogP contribution in [0.3, 0.4) is 0 Å². The summed E-state index contributed by atoms with van der Waals surface area (Å²) in [5.74, 6) is 0.806. The van der Waals surface area contributed by atoms with E-state index in [4.69, 9.17) is 23.2 Å². The maximum absolute atomic E-state index is 6.37.